The average molecular weight is 486 g/mol. The number of carbonyl (C=O) groups is 3. The number of aryl methyl sites for hydroxylation is 1. The van der Waals surface area contributed by atoms with Gasteiger partial charge in [0, 0.05) is 37.5 Å². The molecule has 2 aromatic rings. The summed E-state index contributed by atoms with van der Waals surface area (Å²) < 4.78 is 27.7. The van der Waals surface area contributed by atoms with E-state index in [0.717, 1.165) is 18.9 Å². The van der Waals surface area contributed by atoms with Gasteiger partial charge in [-0.05, 0) is 36.8 Å². The van der Waals surface area contributed by atoms with Crippen LogP contribution in [0.3, 0.4) is 0 Å². The highest BCUT2D eigenvalue weighted by Gasteiger charge is 2.34. The summed E-state index contributed by atoms with van der Waals surface area (Å²) in [7, 11) is 0. The Morgan fingerprint density at radius 1 is 1.09 bits per heavy atom. The molecule has 2 atom stereocenters. The van der Waals surface area contributed by atoms with Crippen LogP contribution in [-0.4, -0.2) is 41.2 Å². The number of halogens is 2. The molecule has 2 unspecified atom stereocenters. The molecule has 1 aliphatic heterocycles. The van der Waals surface area contributed by atoms with Crippen molar-refractivity contribution in [2.75, 3.05) is 6.54 Å². The van der Waals surface area contributed by atoms with Crippen LogP contribution in [0.25, 0.3) is 0 Å². The number of nitrogens with zero attached hydrogens (tertiary/aromatic N) is 1. The molecule has 1 fully saturated rings. The van der Waals surface area contributed by atoms with Gasteiger partial charge < -0.3 is 15.5 Å². The minimum Gasteiger partial charge on any atom is -0.354 e. The van der Waals surface area contributed by atoms with Crippen LogP contribution in [0, 0.1) is 17.6 Å². The fraction of sp³-hybridized carbons (Fsp3) is 0.444. The van der Waals surface area contributed by atoms with Crippen molar-refractivity contribution in [1.29, 1.82) is 0 Å². The van der Waals surface area contributed by atoms with Gasteiger partial charge in [-0.25, -0.2) is 8.78 Å². The van der Waals surface area contributed by atoms with Crippen molar-refractivity contribution < 1.29 is 23.2 Å². The van der Waals surface area contributed by atoms with Gasteiger partial charge in [0.05, 0.1) is 0 Å². The van der Waals surface area contributed by atoms with Gasteiger partial charge in [-0.3, -0.25) is 14.4 Å². The van der Waals surface area contributed by atoms with Crippen LogP contribution in [0.4, 0.5) is 8.78 Å². The minimum absolute atomic E-state index is 0.00676. The maximum Gasteiger partial charge on any atom is 0.242 e. The van der Waals surface area contributed by atoms with Gasteiger partial charge in [-0.15, -0.1) is 0 Å². The summed E-state index contributed by atoms with van der Waals surface area (Å²) in [6, 6.07) is 12.7. The van der Waals surface area contributed by atoms with E-state index in [1.54, 1.807) is 0 Å². The van der Waals surface area contributed by atoms with Crippen LogP contribution >= 0.6 is 0 Å². The number of likely N-dealkylation sites (tertiary alicyclic amines) is 1. The van der Waals surface area contributed by atoms with Crippen molar-refractivity contribution in [2.24, 2.45) is 5.92 Å². The molecule has 0 aromatic heterocycles. The van der Waals surface area contributed by atoms with E-state index in [1.165, 1.54) is 22.6 Å². The number of amides is 3. The van der Waals surface area contributed by atoms with Crippen molar-refractivity contribution in [3.8, 4) is 0 Å². The SMILES string of the molecule is CC(C)C(NC(=O)CC1CCC(=O)N1Cc1cccc(F)c1F)C(=O)NCCCc1ccccc1. The summed E-state index contributed by atoms with van der Waals surface area (Å²) in [6.07, 6.45) is 2.31. The highest BCUT2D eigenvalue weighted by molar-refractivity contribution is 5.88. The number of benzene rings is 2. The maximum absolute atomic E-state index is 14.1. The normalized spacial score (nSPS) is 16.4. The van der Waals surface area contributed by atoms with Crippen LogP contribution in [0.1, 0.15) is 50.7 Å². The first kappa shape index (κ1) is 26.3. The summed E-state index contributed by atoms with van der Waals surface area (Å²) in [4.78, 5) is 39.3. The molecular formula is C27H33F2N3O3. The Bertz CT molecular complexity index is 1030. The first-order valence-corrected chi connectivity index (χ1v) is 12.1. The second-order valence-electron chi connectivity index (χ2n) is 9.30. The number of nitrogens with one attached hydrogen (secondary N) is 2. The van der Waals surface area contributed by atoms with Crippen molar-refractivity contribution in [2.45, 2.75) is 64.6 Å². The van der Waals surface area contributed by atoms with E-state index >= 15 is 0 Å². The lowest BCUT2D eigenvalue weighted by molar-refractivity contribution is -0.132. The second-order valence-corrected chi connectivity index (χ2v) is 9.30. The number of rotatable bonds is 11. The van der Waals surface area contributed by atoms with Crippen LogP contribution < -0.4 is 10.6 Å². The summed E-state index contributed by atoms with van der Waals surface area (Å²) in [5.41, 5.74) is 1.27. The predicted octanol–water partition coefficient (Wildman–Crippen LogP) is 3.74. The van der Waals surface area contributed by atoms with Crippen LogP contribution in [-0.2, 0) is 27.3 Å². The van der Waals surface area contributed by atoms with Crippen molar-refractivity contribution >= 4 is 17.7 Å². The highest BCUT2D eigenvalue weighted by atomic mass is 19.2. The second kappa shape index (κ2) is 12.4. The standard InChI is InChI=1S/C27H33F2N3O3/c1-18(2)26(27(35)30-15-7-10-19-8-4-3-5-9-19)31-23(33)16-21-13-14-24(34)32(21)17-20-11-6-12-22(28)25(20)29/h3-6,8-9,11-12,18,21,26H,7,10,13-17H2,1-2H3,(H,30,35)(H,31,33). The quantitative estimate of drug-likeness (QED) is 0.476. The van der Waals surface area contributed by atoms with Gasteiger partial charge in [-0.2, -0.15) is 0 Å². The van der Waals surface area contributed by atoms with Crippen molar-refractivity contribution in [3.05, 3.63) is 71.3 Å². The van der Waals surface area contributed by atoms with E-state index in [0.29, 0.717) is 13.0 Å². The lowest BCUT2D eigenvalue weighted by Crippen LogP contribution is -2.51. The van der Waals surface area contributed by atoms with Crippen LogP contribution in [0.2, 0.25) is 0 Å². The van der Waals surface area contributed by atoms with Crippen LogP contribution in [0.5, 0.6) is 0 Å². The van der Waals surface area contributed by atoms with Gasteiger partial charge >= 0.3 is 0 Å². The number of carbonyl (C=O) groups excluding carboxylic acids is 3. The Balaban J connectivity index is 1.52. The molecule has 8 heteroatoms. The van der Waals surface area contributed by atoms with Crippen LogP contribution in [0.15, 0.2) is 48.5 Å². The van der Waals surface area contributed by atoms with Crippen molar-refractivity contribution in [3.63, 3.8) is 0 Å². The Labute approximate surface area is 205 Å². The fourth-order valence-electron chi connectivity index (χ4n) is 4.32. The lowest BCUT2D eigenvalue weighted by Gasteiger charge is -2.27. The molecule has 0 saturated carbocycles. The molecule has 2 aromatic carbocycles. The Kier molecular flexibility index (Phi) is 9.34. The van der Waals surface area contributed by atoms with E-state index in [4.69, 9.17) is 0 Å². The number of hydrogen-bond acceptors (Lipinski definition) is 3. The Morgan fingerprint density at radius 2 is 1.83 bits per heavy atom. The molecule has 0 spiro atoms. The summed E-state index contributed by atoms with van der Waals surface area (Å²) >= 11 is 0. The zero-order valence-electron chi connectivity index (χ0n) is 20.2. The number of hydrogen-bond donors (Lipinski definition) is 2. The highest BCUT2D eigenvalue weighted by Crippen LogP contribution is 2.25. The van der Waals surface area contributed by atoms with E-state index in [9.17, 15) is 23.2 Å². The molecule has 188 valence electrons. The van der Waals surface area contributed by atoms with Gasteiger partial charge in [0.15, 0.2) is 11.6 Å². The topological polar surface area (TPSA) is 78.5 Å². The third kappa shape index (κ3) is 7.34. The van der Waals surface area contributed by atoms with E-state index in [2.05, 4.69) is 10.6 Å². The molecule has 1 saturated heterocycles. The van der Waals surface area contributed by atoms with Gasteiger partial charge in [0.2, 0.25) is 17.7 Å². The van der Waals surface area contributed by atoms with Gasteiger partial charge in [-0.1, -0.05) is 56.3 Å². The zero-order valence-corrected chi connectivity index (χ0v) is 20.2. The predicted molar refractivity (Wildman–Crippen MR) is 129 cm³/mol. The molecule has 0 aliphatic carbocycles. The summed E-state index contributed by atoms with van der Waals surface area (Å²) in [5.74, 6) is -2.90. The largest absolute Gasteiger partial charge is 0.354 e. The molecule has 3 amide bonds. The minimum atomic E-state index is -0.987. The third-order valence-electron chi connectivity index (χ3n) is 6.30. The molecule has 0 bridgehead atoms. The molecule has 3 rings (SSSR count). The molecule has 35 heavy (non-hydrogen) atoms. The molecule has 2 N–H and O–H groups in total. The lowest BCUT2D eigenvalue weighted by atomic mass is 10.0. The average Bonchev–Trinajstić information content (AvgIpc) is 3.17. The molecule has 0 radical (unpaired) electrons. The zero-order chi connectivity index (χ0) is 25.4. The maximum atomic E-state index is 14.1. The van der Waals surface area contributed by atoms with E-state index in [1.807, 2.05) is 44.2 Å². The summed E-state index contributed by atoms with van der Waals surface area (Å²) in [6.45, 7) is 4.10. The van der Waals surface area contributed by atoms with E-state index < -0.39 is 23.7 Å². The smallest absolute Gasteiger partial charge is 0.242 e. The molecule has 1 aliphatic rings. The van der Waals surface area contributed by atoms with Gasteiger partial charge in [0.25, 0.3) is 0 Å². The Morgan fingerprint density at radius 3 is 2.54 bits per heavy atom. The van der Waals surface area contributed by atoms with Gasteiger partial charge in [0.1, 0.15) is 6.04 Å². The first-order valence-electron chi connectivity index (χ1n) is 12.1. The summed E-state index contributed by atoms with van der Waals surface area (Å²) in [5, 5.41) is 5.70. The third-order valence-corrected chi connectivity index (χ3v) is 6.30. The molecule has 1 heterocycles. The fourth-order valence-corrected chi connectivity index (χ4v) is 4.32. The molecular weight excluding hydrogens is 452 g/mol. The van der Waals surface area contributed by atoms with Crippen molar-refractivity contribution in [1.82, 2.24) is 15.5 Å². The van der Waals surface area contributed by atoms with E-state index in [-0.39, 0.29) is 48.6 Å². The molecule has 6 nitrogen and oxygen atoms in total. The Hall–Kier alpha value is -3.29. The monoisotopic (exact) mass is 485 g/mol. The first-order chi connectivity index (χ1) is 16.8.